The molecule has 0 aliphatic heterocycles. The van der Waals surface area contributed by atoms with E-state index in [1.54, 1.807) is 0 Å². The molecule has 0 amide bonds. The number of nitrogens with one attached hydrogen (secondary N) is 2. The maximum atomic E-state index is 11.9. The summed E-state index contributed by atoms with van der Waals surface area (Å²) in [5.41, 5.74) is 2.30. The molecule has 0 atom stereocenters. The van der Waals surface area contributed by atoms with Gasteiger partial charge in [-0.15, -0.1) is 11.3 Å². The quantitative estimate of drug-likeness (QED) is 0.578. The molecule has 0 aliphatic rings. The minimum Gasteiger partial charge on any atom is -0.465 e. The highest BCUT2D eigenvalue weighted by Crippen LogP contribution is 2.33. The number of esters is 1. The molecule has 0 aliphatic carbocycles. The maximum Gasteiger partial charge on any atom is 0.341 e. The molecule has 1 aromatic carbocycles. The number of carbonyl (C=O) groups excluding carboxylic acids is 1. The third-order valence-corrected chi connectivity index (χ3v) is 4.90. The monoisotopic (exact) mass is 398 g/mol. The van der Waals surface area contributed by atoms with E-state index in [-0.39, 0.29) is 5.97 Å². The van der Waals surface area contributed by atoms with Gasteiger partial charge in [-0.1, -0.05) is 22.0 Å². The van der Waals surface area contributed by atoms with Gasteiger partial charge in [0.25, 0.3) is 0 Å². The average molecular weight is 399 g/mol. The minimum absolute atomic E-state index is 0.366. The lowest BCUT2D eigenvalue weighted by atomic mass is 10.1. The van der Waals surface area contributed by atoms with E-state index in [0.717, 1.165) is 20.6 Å². The molecular formula is C15H15BrN2O2S2. The summed E-state index contributed by atoms with van der Waals surface area (Å²) in [6.45, 7) is 3.86. The number of halogens is 1. The highest BCUT2D eigenvalue weighted by molar-refractivity contribution is 9.10. The number of hydrogen-bond acceptors (Lipinski definition) is 4. The fraction of sp³-hybridized carbons (Fsp3) is 0.200. The third-order valence-electron chi connectivity index (χ3n) is 3.08. The summed E-state index contributed by atoms with van der Waals surface area (Å²) in [5.74, 6) is -0.366. The molecule has 0 bridgehead atoms. The Bertz CT molecular complexity index is 728. The maximum absolute atomic E-state index is 11.9. The Morgan fingerprint density at radius 2 is 2.05 bits per heavy atom. The first-order valence-electron chi connectivity index (χ1n) is 6.44. The lowest BCUT2D eigenvalue weighted by Crippen LogP contribution is -2.20. The third kappa shape index (κ3) is 3.85. The van der Waals surface area contributed by atoms with Crippen molar-refractivity contribution in [2.24, 2.45) is 0 Å². The number of hydrogen-bond donors (Lipinski definition) is 2. The Labute approximate surface area is 147 Å². The van der Waals surface area contributed by atoms with Crippen LogP contribution in [0.1, 0.15) is 20.8 Å². The smallest absolute Gasteiger partial charge is 0.341 e. The molecule has 1 heterocycles. The molecule has 1 aromatic heterocycles. The number of thiocarbonyl (C=S) groups is 1. The van der Waals surface area contributed by atoms with Crippen LogP contribution in [0.5, 0.6) is 0 Å². The predicted octanol–water partition coefficient (Wildman–Crippen LogP) is 4.72. The van der Waals surface area contributed by atoms with Crippen molar-refractivity contribution in [2.45, 2.75) is 13.8 Å². The second kappa shape index (κ2) is 7.21. The van der Waals surface area contributed by atoms with Crippen LogP contribution in [0.2, 0.25) is 0 Å². The van der Waals surface area contributed by atoms with E-state index in [1.165, 1.54) is 18.4 Å². The van der Waals surface area contributed by atoms with Crippen LogP contribution in [0.3, 0.4) is 0 Å². The van der Waals surface area contributed by atoms with Crippen molar-refractivity contribution in [1.82, 2.24) is 0 Å². The second-order valence-corrected chi connectivity index (χ2v) is 7.12. The average Bonchev–Trinajstić information content (AvgIpc) is 2.72. The van der Waals surface area contributed by atoms with Crippen LogP contribution in [0, 0.1) is 13.8 Å². The van der Waals surface area contributed by atoms with Gasteiger partial charge in [0, 0.05) is 15.0 Å². The first kappa shape index (κ1) is 16.9. The Hall–Kier alpha value is -1.44. The van der Waals surface area contributed by atoms with E-state index < -0.39 is 0 Å². The summed E-state index contributed by atoms with van der Waals surface area (Å²) in [5, 5.41) is 7.28. The van der Waals surface area contributed by atoms with E-state index in [0.29, 0.717) is 15.7 Å². The van der Waals surface area contributed by atoms with E-state index in [1.807, 2.05) is 38.1 Å². The van der Waals surface area contributed by atoms with Crippen LogP contribution in [0.15, 0.2) is 28.7 Å². The predicted molar refractivity (Wildman–Crippen MR) is 99.1 cm³/mol. The van der Waals surface area contributed by atoms with Gasteiger partial charge in [-0.3, -0.25) is 0 Å². The summed E-state index contributed by atoms with van der Waals surface area (Å²) in [4.78, 5) is 13.0. The Balaban J connectivity index is 2.18. The molecule has 0 saturated carbocycles. The summed E-state index contributed by atoms with van der Waals surface area (Å²) in [7, 11) is 1.37. The van der Waals surface area contributed by atoms with Crippen LogP contribution in [-0.2, 0) is 4.74 Å². The summed E-state index contributed by atoms with van der Waals surface area (Å²) in [6, 6.07) is 7.67. The molecule has 2 aromatic rings. The van der Waals surface area contributed by atoms with Crippen molar-refractivity contribution in [1.29, 1.82) is 0 Å². The van der Waals surface area contributed by atoms with Gasteiger partial charge in [-0.05, 0) is 49.8 Å². The van der Waals surface area contributed by atoms with Crippen molar-refractivity contribution in [3.8, 4) is 0 Å². The van der Waals surface area contributed by atoms with Gasteiger partial charge in [-0.2, -0.15) is 0 Å². The van der Waals surface area contributed by atoms with E-state index in [4.69, 9.17) is 17.0 Å². The van der Waals surface area contributed by atoms with Crippen LogP contribution in [0.25, 0.3) is 0 Å². The first-order valence-corrected chi connectivity index (χ1v) is 8.46. The highest BCUT2D eigenvalue weighted by atomic mass is 79.9. The van der Waals surface area contributed by atoms with Crippen LogP contribution >= 0.6 is 39.5 Å². The molecule has 22 heavy (non-hydrogen) atoms. The Morgan fingerprint density at radius 3 is 2.68 bits per heavy atom. The summed E-state index contributed by atoms with van der Waals surface area (Å²) >= 11 is 10.2. The summed E-state index contributed by atoms with van der Waals surface area (Å²) in [6.07, 6.45) is 0. The molecule has 0 unspecified atom stereocenters. The number of anilines is 2. The number of methoxy groups -OCH3 is 1. The molecule has 0 saturated heterocycles. The Morgan fingerprint density at radius 1 is 1.32 bits per heavy atom. The zero-order valence-corrected chi connectivity index (χ0v) is 15.5. The van der Waals surface area contributed by atoms with Gasteiger partial charge in [0.2, 0.25) is 0 Å². The largest absolute Gasteiger partial charge is 0.465 e. The number of thiophene rings is 1. The number of benzene rings is 1. The number of aryl methyl sites for hydroxylation is 1. The summed E-state index contributed by atoms with van der Waals surface area (Å²) < 4.78 is 5.80. The van der Waals surface area contributed by atoms with Gasteiger partial charge in [0.15, 0.2) is 5.11 Å². The van der Waals surface area contributed by atoms with Crippen LogP contribution < -0.4 is 10.6 Å². The molecule has 2 N–H and O–H groups in total. The van der Waals surface area contributed by atoms with Crippen LogP contribution in [-0.4, -0.2) is 18.2 Å². The standard InChI is InChI=1S/C15H15BrN2O2S2/c1-8-9(2)22-13(12(8)14(19)20-3)18-15(21)17-11-6-4-5-10(16)7-11/h4-7H,1-3H3,(H2,17,18,21). The van der Waals surface area contributed by atoms with Gasteiger partial charge in [0.05, 0.1) is 12.7 Å². The highest BCUT2D eigenvalue weighted by Gasteiger charge is 2.20. The fourth-order valence-corrected chi connectivity index (χ4v) is 3.63. The van der Waals surface area contributed by atoms with Crippen molar-refractivity contribution in [3.05, 3.63) is 44.7 Å². The lowest BCUT2D eigenvalue weighted by Gasteiger charge is -2.11. The van der Waals surface area contributed by atoms with Gasteiger partial charge < -0.3 is 15.4 Å². The van der Waals surface area contributed by atoms with E-state index in [9.17, 15) is 4.79 Å². The molecule has 116 valence electrons. The van der Waals surface area contributed by atoms with Crippen LogP contribution in [0.4, 0.5) is 10.7 Å². The van der Waals surface area contributed by atoms with E-state index >= 15 is 0 Å². The van der Waals surface area contributed by atoms with Crippen molar-refractivity contribution >= 4 is 61.3 Å². The SMILES string of the molecule is COC(=O)c1c(NC(=S)Nc2cccc(Br)c2)sc(C)c1C. The normalized spacial score (nSPS) is 10.2. The van der Waals surface area contributed by atoms with Crippen molar-refractivity contribution in [2.75, 3.05) is 17.7 Å². The zero-order chi connectivity index (χ0) is 16.3. The minimum atomic E-state index is -0.366. The lowest BCUT2D eigenvalue weighted by molar-refractivity contribution is 0.0601. The number of ether oxygens (including phenoxy) is 1. The van der Waals surface area contributed by atoms with Gasteiger partial charge in [-0.25, -0.2) is 4.79 Å². The molecule has 2 rings (SSSR count). The second-order valence-electron chi connectivity index (χ2n) is 4.57. The van der Waals surface area contributed by atoms with E-state index in [2.05, 4.69) is 26.6 Å². The zero-order valence-electron chi connectivity index (χ0n) is 12.3. The molecular weight excluding hydrogens is 384 g/mol. The molecule has 0 spiro atoms. The molecule has 0 radical (unpaired) electrons. The number of carbonyl (C=O) groups is 1. The molecule has 7 heteroatoms. The van der Waals surface area contributed by atoms with Gasteiger partial charge in [0.1, 0.15) is 5.00 Å². The Kier molecular flexibility index (Phi) is 5.55. The first-order chi connectivity index (χ1) is 10.4. The topological polar surface area (TPSA) is 50.4 Å². The number of rotatable bonds is 3. The van der Waals surface area contributed by atoms with Crippen molar-refractivity contribution < 1.29 is 9.53 Å². The van der Waals surface area contributed by atoms with Gasteiger partial charge >= 0.3 is 5.97 Å². The van der Waals surface area contributed by atoms with Crippen molar-refractivity contribution in [3.63, 3.8) is 0 Å². The molecule has 4 nitrogen and oxygen atoms in total. The molecule has 0 fully saturated rings. The fourth-order valence-electron chi connectivity index (χ4n) is 1.89.